The van der Waals surface area contributed by atoms with Gasteiger partial charge in [-0.2, -0.15) is 5.10 Å². The second-order valence-electron chi connectivity index (χ2n) is 7.41. The zero-order valence-corrected chi connectivity index (χ0v) is 15.1. The fourth-order valence-corrected chi connectivity index (χ4v) is 4.02. The van der Waals surface area contributed by atoms with Gasteiger partial charge >= 0.3 is 11.9 Å². The van der Waals surface area contributed by atoms with Gasteiger partial charge in [0.05, 0.1) is 24.8 Å². The monoisotopic (exact) mass is 362 g/mol. The molecular formula is C19H26N2O5. The zero-order valence-electron chi connectivity index (χ0n) is 15.1. The molecule has 0 bridgehead atoms. The maximum atomic E-state index is 12.2. The fraction of sp³-hybridized carbons (Fsp3) is 0.684. The Kier molecular flexibility index (Phi) is 5.74. The normalized spacial score (nSPS) is 28.2. The minimum Gasteiger partial charge on any atom is -0.481 e. The quantitative estimate of drug-likeness (QED) is 0.591. The number of hydrogen-bond donors (Lipinski definition) is 1. The lowest BCUT2D eigenvalue weighted by Crippen LogP contribution is -2.32. The molecule has 142 valence electrons. The molecule has 0 unspecified atom stereocenters. The van der Waals surface area contributed by atoms with Gasteiger partial charge in [-0.15, -0.1) is 0 Å². The molecule has 2 saturated carbocycles. The molecule has 0 aromatic carbocycles. The molecule has 26 heavy (non-hydrogen) atoms. The van der Waals surface area contributed by atoms with Crippen LogP contribution in [-0.4, -0.2) is 39.2 Å². The first-order chi connectivity index (χ1) is 12.5. The molecule has 2 fully saturated rings. The van der Waals surface area contributed by atoms with Gasteiger partial charge in [-0.05, 0) is 56.9 Å². The maximum absolute atomic E-state index is 12.2. The van der Waals surface area contributed by atoms with Crippen LogP contribution in [0.1, 0.15) is 69.4 Å². The van der Waals surface area contributed by atoms with Gasteiger partial charge in [-0.3, -0.25) is 19.1 Å². The van der Waals surface area contributed by atoms with Crippen LogP contribution >= 0.6 is 0 Å². The van der Waals surface area contributed by atoms with E-state index in [1.54, 1.807) is 6.92 Å². The van der Waals surface area contributed by atoms with Gasteiger partial charge in [-0.25, -0.2) is 0 Å². The summed E-state index contributed by atoms with van der Waals surface area (Å²) < 4.78 is 6.75. The predicted molar refractivity (Wildman–Crippen MR) is 92.6 cm³/mol. The molecule has 0 aliphatic heterocycles. The van der Waals surface area contributed by atoms with Crippen LogP contribution in [0.4, 0.5) is 0 Å². The van der Waals surface area contributed by atoms with Gasteiger partial charge in [0, 0.05) is 12.1 Å². The topological polar surface area (TPSA) is 98.5 Å². The number of hydrogen-bond acceptors (Lipinski definition) is 5. The Bertz CT molecular complexity index is 669. The fourth-order valence-electron chi connectivity index (χ4n) is 4.02. The number of ether oxygens (including phenoxy) is 1. The highest BCUT2D eigenvalue weighted by molar-refractivity contribution is 5.96. The van der Waals surface area contributed by atoms with Crippen molar-refractivity contribution in [1.82, 2.24) is 9.78 Å². The predicted octanol–water partition coefficient (Wildman–Crippen LogP) is 2.71. The SMILES string of the molecule is CCOC(=O)CC(=O)C1CCC(c2cnn(C3CC(C(=O)O)C3)c2)CC1. The van der Waals surface area contributed by atoms with Crippen molar-refractivity contribution in [3.8, 4) is 0 Å². The molecule has 7 heteroatoms. The van der Waals surface area contributed by atoms with Crippen molar-refractivity contribution in [3.05, 3.63) is 18.0 Å². The van der Waals surface area contributed by atoms with Crippen LogP contribution in [0.5, 0.6) is 0 Å². The molecule has 7 nitrogen and oxygen atoms in total. The van der Waals surface area contributed by atoms with Crippen LogP contribution in [0.15, 0.2) is 12.4 Å². The number of ketones is 1. The van der Waals surface area contributed by atoms with Crippen LogP contribution in [-0.2, 0) is 19.1 Å². The van der Waals surface area contributed by atoms with E-state index in [0.717, 1.165) is 25.7 Å². The number of esters is 1. The van der Waals surface area contributed by atoms with Crippen LogP contribution in [0.25, 0.3) is 0 Å². The first kappa shape index (κ1) is 18.6. The number of aromatic nitrogens is 2. The van der Waals surface area contributed by atoms with Gasteiger partial charge in [0.15, 0.2) is 0 Å². The standard InChI is InChI=1S/C19H26N2O5/c1-2-26-18(23)9-17(22)13-5-3-12(4-6-13)15-10-20-21(11-15)16-7-14(8-16)19(24)25/h10-14,16H,2-9H2,1H3,(H,24,25). The lowest BCUT2D eigenvalue weighted by Gasteiger charge is -2.32. The molecule has 1 heterocycles. The van der Waals surface area contributed by atoms with E-state index < -0.39 is 11.9 Å². The number of nitrogens with zero attached hydrogens (tertiary/aromatic N) is 2. The largest absolute Gasteiger partial charge is 0.481 e. The summed E-state index contributed by atoms with van der Waals surface area (Å²) in [4.78, 5) is 34.6. The third-order valence-corrected chi connectivity index (χ3v) is 5.74. The van der Waals surface area contributed by atoms with E-state index in [2.05, 4.69) is 5.10 Å². The number of rotatable bonds is 7. The van der Waals surface area contributed by atoms with Gasteiger partial charge < -0.3 is 9.84 Å². The van der Waals surface area contributed by atoms with Crippen LogP contribution in [0, 0.1) is 11.8 Å². The van der Waals surface area contributed by atoms with Crippen molar-refractivity contribution in [2.75, 3.05) is 6.61 Å². The van der Waals surface area contributed by atoms with E-state index in [4.69, 9.17) is 9.84 Å². The first-order valence-corrected chi connectivity index (χ1v) is 9.43. The van der Waals surface area contributed by atoms with Crippen LogP contribution in [0.3, 0.4) is 0 Å². The highest BCUT2D eigenvalue weighted by atomic mass is 16.5. The number of carbonyl (C=O) groups excluding carboxylic acids is 2. The van der Waals surface area contributed by atoms with Crippen molar-refractivity contribution in [2.45, 2.75) is 63.8 Å². The molecule has 1 aromatic rings. The minimum atomic E-state index is -0.723. The molecular weight excluding hydrogens is 336 g/mol. The van der Waals surface area contributed by atoms with Crippen molar-refractivity contribution < 1.29 is 24.2 Å². The second kappa shape index (κ2) is 8.01. The molecule has 2 aliphatic carbocycles. The number of carboxylic acid groups (broad SMARTS) is 1. The molecule has 0 atom stereocenters. The number of carbonyl (C=O) groups is 3. The Balaban J connectivity index is 1.47. The summed E-state index contributed by atoms with van der Waals surface area (Å²) in [5.41, 5.74) is 1.17. The lowest BCUT2D eigenvalue weighted by atomic mass is 9.77. The number of Topliss-reactive ketones (excluding diaryl/α,β-unsaturated/α-hetero) is 1. The van der Waals surface area contributed by atoms with Crippen LogP contribution in [0.2, 0.25) is 0 Å². The number of aliphatic carboxylic acids is 1. The van der Waals surface area contributed by atoms with E-state index in [-0.39, 0.29) is 30.1 Å². The minimum absolute atomic E-state index is 0.00762. The first-order valence-electron chi connectivity index (χ1n) is 9.43. The number of carboxylic acids is 1. The second-order valence-corrected chi connectivity index (χ2v) is 7.41. The highest BCUT2D eigenvalue weighted by Gasteiger charge is 2.36. The smallest absolute Gasteiger partial charge is 0.313 e. The molecule has 0 radical (unpaired) electrons. The summed E-state index contributed by atoms with van der Waals surface area (Å²) >= 11 is 0. The summed E-state index contributed by atoms with van der Waals surface area (Å²) in [5, 5.41) is 13.4. The van der Waals surface area contributed by atoms with Crippen molar-refractivity contribution in [2.24, 2.45) is 11.8 Å². The van der Waals surface area contributed by atoms with E-state index in [0.29, 0.717) is 25.4 Å². The van der Waals surface area contributed by atoms with E-state index >= 15 is 0 Å². The third-order valence-electron chi connectivity index (χ3n) is 5.74. The molecule has 2 aliphatic rings. The summed E-state index contributed by atoms with van der Waals surface area (Å²) in [6, 6.07) is 0.187. The van der Waals surface area contributed by atoms with Gasteiger partial charge in [0.1, 0.15) is 12.2 Å². The maximum Gasteiger partial charge on any atom is 0.313 e. The molecule has 3 rings (SSSR count). The summed E-state index contributed by atoms with van der Waals surface area (Å²) in [7, 11) is 0. The lowest BCUT2D eigenvalue weighted by molar-refractivity contribution is -0.147. The van der Waals surface area contributed by atoms with Gasteiger partial charge in [0.2, 0.25) is 0 Å². The molecule has 0 amide bonds. The third kappa shape index (κ3) is 4.14. The summed E-state index contributed by atoms with van der Waals surface area (Å²) in [6.45, 7) is 2.04. The Hall–Kier alpha value is -2.18. The van der Waals surface area contributed by atoms with Gasteiger partial charge in [0.25, 0.3) is 0 Å². The van der Waals surface area contributed by atoms with Gasteiger partial charge in [-0.1, -0.05) is 0 Å². The summed E-state index contributed by atoms with van der Waals surface area (Å²) in [5.74, 6) is -1.07. The summed E-state index contributed by atoms with van der Waals surface area (Å²) in [6.07, 6.45) is 8.48. The Morgan fingerprint density at radius 1 is 1.19 bits per heavy atom. The van der Waals surface area contributed by atoms with Crippen molar-refractivity contribution in [3.63, 3.8) is 0 Å². The Morgan fingerprint density at radius 2 is 1.88 bits per heavy atom. The highest BCUT2D eigenvalue weighted by Crippen LogP contribution is 2.40. The van der Waals surface area contributed by atoms with E-state index in [9.17, 15) is 14.4 Å². The Labute approximate surface area is 152 Å². The van der Waals surface area contributed by atoms with Crippen molar-refractivity contribution in [1.29, 1.82) is 0 Å². The van der Waals surface area contributed by atoms with E-state index in [1.807, 2.05) is 17.1 Å². The Morgan fingerprint density at radius 3 is 2.50 bits per heavy atom. The zero-order chi connectivity index (χ0) is 18.7. The molecule has 0 saturated heterocycles. The molecule has 1 N–H and O–H groups in total. The van der Waals surface area contributed by atoms with Crippen molar-refractivity contribution >= 4 is 17.7 Å². The van der Waals surface area contributed by atoms with Crippen LogP contribution < -0.4 is 0 Å². The molecule has 0 spiro atoms. The molecule has 1 aromatic heterocycles. The average molecular weight is 362 g/mol. The average Bonchev–Trinajstić information content (AvgIpc) is 3.03. The van der Waals surface area contributed by atoms with E-state index in [1.165, 1.54) is 5.56 Å².